The van der Waals surface area contributed by atoms with E-state index in [2.05, 4.69) is 56.5 Å². The quantitative estimate of drug-likeness (QED) is 0.776. The minimum atomic E-state index is 0.352. The lowest BCUT2D eigenvalue weighted by atomic mass is 9.61. The molecule has 1 atom stereocenters. The van der Waals surface area contributed by atoms with Crippen LogP contribution in [0.25, 0.3) is 0 Å². The summed E-state index contributed by atoms with van der Waals surface area (Å²) in [5.74, 6) is 0.776. The van der Waals surface area contributed by atoms with Gasteiger partial charge in [0.25, 0.3) is 0 Å². The van der Waals surface area contributed by atoms with E-state index in [1.165, 1.54) is 44.9 Å². The fourth-order valence-electron chi connectivity index (χ4n) is 4.46. The van der Waals surface area contributed by atoms with E-state index >= 15 is 0 Å². The molecule has 1 N–H and O–H groups in total. The Bertz CT molecular complexity index is 374. The normalized spacial score (nSPS) is 20.0. The molecule has 1 unspecified atom stereocenters. The lowest BCUT2D eigenvalue weighted by Crippen LogP contribution is -2.52. The number of benzene rings is 1. The molecule has 1 nitrogen and oxygen atoms in total. The van der Waals surface area contributed by atoms with Gasteiger partial charge < -0.3 is 5.32 Å². The van der Waals surface area contributed by atoms with Crippen LogP contribution >= 0.6 is 0 Å². The molecule has 20 heavy (non-hydrogen) atoms. The van der Waals surface area contributed by atoms with Gasteiger partial charge in [0, 0.05) is 11.5 Å². The first-order valence-corrected chi connectivity index (χ1v) is 8.51. The van der Waals surface area contributed by atoms with Crippen LogP contribution in [0.3, 0.4) is 0 Å². The molecule has 1 aliphatic rings. The molecule has 0 bridgehead atoms. The van der Waals surface area contributed by atoms with Crippen LogP contribution in [-0.4, -0.2) is 13.1 Å². The molecule has 0 spiro atoms. The molecule has 1 heteroatoms. The number of hydrogen-bond donors (Lipinski definition) is 1. The third-order valence-electron chi connectivity index (χ3n) is 5.52. The van der Waals surface area contributed by atoms with Crippen LogP contribution in [-0.2, 0) is 5.41 Å². The Labute approximate surface area is 125 Å². The van der Waals surface area contributed by atoms with Crippen LogP contribution in [0.15, 0.2) is 30.3 Å². The number of nitrogens with one attached hydrogen (secondary N) is 1. The van der Waals surface area contributed by atoms with Crippen molar-refractivity contribution < 1.29 is 0 Å². The van der Waals surface area contributed by atoms with Gasteiger partial charge in [0.1, 0.15) is 0 Å². The van der Waals surface area contributed by atoms with Gasteiger partial charge >= 0.3 is 0 Å². The summed E-state index contributed by atoms with van der Waals surface area (Å²) >= 11 is 0. The Morgan fingerprint density at radius 3 is 2.10 bits per heavy atom. The van der Waals surface area contributed by atoms with Gasteiger partial charge in [0.05, 0.1) is 0 Å². The second-order valence-electron chi connectivity index (χ2n) is 6.43. The molecule has 0 saturated heterocycles. The van der Waals surface area contributed by atoms with Crippen LogP contribution in [0, 0.1) is 5.92 Å². The molecule has 0 aliphatic heterocycles. The van der Waals surface area contributed by atoms with E-state index in [9.17, 15) is 0 Å². The van der Waals surface area contributed by atoms with E-state index in [-0.39, 0.29) is 0 Å². The predicted octanol–water partition coefficient (Wildman–Crippen LogP) is 4.91. The van der Waals surface area contributed by atoms with Crippen molar-refractivity contribution in [2.75, 3.05) is 7.05 Å². The highest BCUT2D eigenvalue weighted by Gasteiger charge is 2.42. The van der Waals surface area contributed by atoms with Gasteiger partial charge in [0.15, 0.2) is 0 Å². The first-order valence-electron chi connectivity index (χ1n) is 8.51. The molecule has 1 aliphatic carbocycles. The Hall–Kier alpha value is -0.820. The van der Waals surface area contributed by atoms with Crippen LogP contribution in [0.2, 0.25) is 0 Å². The van der Waals surface area contributed by atoms with Crippen LogP contribution in [0.4, 0.5) is 0 Å². The molecule has 0 aromatic heterocycles. The maximum absolute atomic E-state index is 3.71. The number of likely N-dealkylation sites (N-methyl/N-ethyl adjacent to an activating group) is 1. The SMILES string of the molecule is CCC(CC)C(NC)C1(c2ccccc2)CCCCC1. The van der Waals surface area contributed by atoms with E-state index in [1.54, 1.807) is 5.56 Å². The Kier molecular flexibility index (Phi) is 5.65. The van der Waals surface area contributed by atoms with Crippen molar-refractivity contribution in [3.63, 3.8) is 0 Å². The van der Waals surface area contributed by atoms with Crippen LogP contribution < -0.4 is 5.32 Å². The molecule has 1 aromatic rings. The third kappa shape index (κ3) is 2.93. The Morgan fingerprint density at radius 1 is 1.00 bits per heavy atom. The highest BCUT2D eigenvalue weighted by atomic mass is 14.9. The van der Waals surface area contributed by atoms with E-state index in [0.29, 0.717) is 11.5 Å². The summed E-state index contributed by atoms with van der Waals surface area (Å²) in [5.41, 5.74) is 1.91. The zero-order chi connectivity index (χ0) is 14.4. The molecule has 1 saturated carbocycles. The van der Waals surface area contributed by atoms with Crippen molar-refractivity contribution in [1.29, 1.82) is 0 Å². The summed E-state index contributed by atoms with van der Waals surface area (Å²) < 4.78 is 0. The summed E-state index contributed by atoms with van der Waals surface area (Å²) in [6.45, 7) is 4.69. The predicted molar refractivity (Wildman–Crippen MR) is 88.1 cm³/mol. The average Bonchev–Trinajstić information content (AvgIpc) is 2.54. The fourth-order valence-corrected chi connectivity index (χ4v) is 4.46. The summed E-state index contributed by atoms with van der Waals surface area (Å²) in [7, 11) is 2.17. The van der Waals surface area contributed by atoms with Crippen molar-refractivity contribution in [1.82, 2.24) is 5.32 Å². The lowest BCUT2D eigenvalue weighted by molar-refractivity contribution is 0.161. The van der Waals surface area contributed by atoms with Gasteiger partial charge in [-0.05, 0) is 31.4 Å². The zero-order valence-electron chi connectivity index (χ0n) is 13.5. The average molecular weight is 273 g/mol. The molecule has 112 valence electrons. The second-order valence-corrected chi connectivity index (χ2v) is 6.43. The summed E-state index contributed by atoms with van der Waals surface area (Å²) in [6, 6.07) is 11.9. The van der Waals surface area contributed by atoms with Crippen LogP contribution in [0.1, 0.15) is 64.4 Å². The molecular weight excluding hydrogens is 242 g/mol. The Balaban J connectivity index is 2.40. The maximum Gasteiger partial charge on any atom is 0.0189 e. The van der Waals surface area contributed by atoms with Gasteiger partial charge in [0.2, 0.25) is 0 Å². The van der Waals surface area contributed by atoms with Crippen molar-refractivity contribution in [3.05, 3.63) is 35.9 Å². The highest BCUT2D eigenvalue weighted by Crippen LogP contribution is 2.45. The summed E-state index contributed by atoms with van der Waals surface area (Å²) in [5, 5.41) is 3.71. The lowest BCUT2D eigenvalue weighted by Gasteiger charge is -2.47. The van der Waals surface area contributed by atoms with Gasteiger partial charge in [-0.3, -0.25) is 0 Å². The summed E-state index contributed by atoms with van der Waals surface area (Å²) in [6.07, 6.45) is 9.42. The van der Waals surface area contributed by atoms with Crippen molar-refractivity contribution in [2.45, 2.75) is 70.3 Å². The topological polar surface area (TPSA) is 12.0 Å². The molecule has 0 radical (unpaired) electrons. The fraction of sp³-hybridized carbons (Fsp3) is 0.684. The molecule has 1 aromatic carbocycles. The first-order chi connectivity index (χ1) is 9.78. The molecule has 0 heterocycles. The number of rotatable bonds is 6. The minimum absolute atomic E-state index is 0.352. The standard InChI is InChI=1S/C19H31N/c1-4-16(5-2)18(20-3)19(14-10-7-11-15-19)17-12-8-6-9-13-17/h6,8-9,12-13,16,18,20H,4-5,7,10-11,14-15H2,1-3H3. The third-order valence-corrected chi connectivity index (χ3v) is 5.52. The first kappa shape index (κ1) is 15.6. The van der Waals surface area contributed by atoms with Gasteiger partial charge in [-0.2, -0.15) is 0 Å². The maximum atomic E-state index is 3.71. The Morgan fingerprint density at radius 2 is 1.60 bits per heavy atom. The molecular formula is C19H31N. The van der Waals surface area contributed by atoms with Crippen LogP contribution in [0.5, 0.6) is 0 Å². The minimum Gasteiger partial charge on any atom is -0.316 e. The summed E-state index contributed by atoms with van der Waals surface area (Å²) in [4.78, 5) is 0. The smallest absolute Gasteiger partial charge is 0.0189 e. The van der Waals surface area contributed by atoms with Crippen molar-refractivity contribution in [3.8, 4) is 0 Å². The monoisotopic (exact) mass is 273 g/mol. The second kappa shape index (κ2) is 7.26. The highest BCUT2D eigenvalue weighted by molar-refractivity contribution is 5.29. The zero-order valence-corrected chi connectivity index (χ0v) is 13.5. The molecule has 0 amide bonds. The van der Waals surface area contributed by atoms with E-state index in [4.69, 9.17) is 0 Å². The van der Waals surface area contributed by atoms with E-state index in [0.717, 1.165) is 5.92 Å². The molecule has 1 fully saturated rings. The number of hydrogen-bond acceptors (Lipinski definition) is 1. The van der Waals surface area contributed by atoms with Gasteiger partial charge in [-0.1, -0.05) is 76.3 Å². The van der Waals surface area contributed by atoms with Gasteiger partial charge in [-0.15, -0.1) is 0 Å². The van der Waals surface area contributed by atoms with Gasteiger partial charge in [-0.25, -0.2) is 0 Å². The molecule has 2 rings (SSSR count). The van der Waals surface area contributed by atoms with Crippen molar-refractivity contribution >= 4 is 0 Å². The largest absolute Gasteiger partial charge is 0.316 e. The van der Waals surface area contributed by atoms with Crippen molar-refractivity contribution in [2.24, 2.45) is 5.92 Å². The van der Waals surface area contributed by atoms with E-state index in [1.807, 2.05) is 0 Å². The van der Waals surface area contributed by atoms with E-state index < -0.39 is 0 Å².